The molecule has 86 valence electrons. The van der Waals surface area contributed by atoms with Crippen LogP contribution in [0.3, 0.4) is 0 Å². The van der Waals surface area contributed by atoms with E-state index in [9.17, 15) is 4.79 Å². The molecule has 0 aliphatic rings. The highest BCUT2D eigenvalue weighted by Gasteiger charge is 2.03. The van der Waals surface area contributed by atoms with Crippen molar-refractivity contribution < 1.29 is 9.90 Å². The summed E-state index contributed by atoms with van der Waals surface area (Å²) >= 11 is 0. The second-order valence-corrected chi connectivity index (χ2v) is 3.61. The quantitative estimate of drug-likeness (QED) is 0.843. The maximum absolute atomic E-state index is 10.8. The van der Waals surface area contributed by atoms with Crippen molar-refractivity contribution in [3.05, 3.63) is 59.9 Å². The fraction of sp³-hybridized carbons (Fsp3) is 0.0769. The normalized spacial score (nSPS) is 9.88. The minimum atomic E-state index is -0.971. The zero-order valence-electron chi connectivity index (χ0n) is 9.13. The van der Waals surface area contributed by atoms with E-state index in [4.69, 9.17) is 5.11 Å². The van der Waals surface area contributed by atoms with E-state index in [1.54, 1.807) is 12.3 Å². The van der Waals surface area contributed by atoms with E-state index in [2.05, 4.69) is 10.3 Å². The van der Waals surface area contributed by atoms with Crippen molar-refractivity contribution >= 4 is 11.7 Å². The Balaban J connectivity index is 2.04. The largest absolute Gasteiger partial charge is 0.478 e. The number of aromatic carboxylic acids is 1. The van der Waals surface area contributed by atoms with Gasteiger partial charge in [-0.1, -0.05) is 30.3 Å². The Morgan fingerprint density at radius 3 is 2.71 bits per heavy atom. The van der Waals surface area contributed by atoms with Gasteiger partial charge in [0.15, 0.2) is 0 Å². The summed E-state index contributed by atoms with van der Waals surface area (Å²) in [6.45, 7) is 0.644. The summed E-state index contributed by atoms with van der Waals surface area (Å²) in [5.41, 5.74) is 2.02. The van der Waals surface area contributed by atoms with Crippen molar-refractivity contribution in [2.24, 2.45) is 0 Å². The first-order valence-corrected chi connectivity index (χ1v) is 5.22. The number of carboxylic acid groups (broad SMARTS) is 1. The topological polar surface area (TPSA) is 62.2 Å². The average molecular weight is 228 g/mol. The number of hydrogen-bond acceptors (Lipinski definition) is 3. The van der Waals surface area contributed by atoms with Gasteiger partial charge in [0.05, 0.1) is 11.3 Å². The number of anilines is 1. The lowest BCUT2D eigenvalue weighted by atomic mass is 10.2. The zero-order valence-corrected chi connectivity index (χ0v) is 9.13. The summed E-state index contributed by atoms with van der Waals surface area (Å²) in [5.74, 6) is -0.971. The molecule has 0 amide bonds. The first-order valence-electron chi connectivity index (χ1n) is 5.22. The Hall–Kier alpha value is -2.36. The molecule has 0 fully saturated rings. The monoisotopic (exact) mass is 228 g/mol. The maximum Gasteiger partial charge on any atom is 0.337 e. The number of rotatable bonds is 4. The van der Waals surface area contributed by atoms with Crippen LogP contribution in [-0.4, -0.2) is 16.1 Å². The maximum atomic E-state index is 10.8. The van der Waals surface area contributed by atoms with Crippen molar-refractivity contribution in [3.8, 4) is 0 Å². The third-order valence-corrected chi connectivity index (χ3v) is 2.32. The van der Waals surface area contributed by atoms with Crippen LogP contribution < -0.4 is 5.32 Å². The van der Waals surface area contributed by atoms with Gasteiger partial charge in [-0.25, -0.2) is 4.79 Å². The second kappa shape index (κ2) is 5.12. The number of nitrogens with one attached hydrogen (secondary N) is 1. The molecule has 0 bridgehead atoms. The van der Waals surface area contributed by atoms with Gasteiger partial charge in [0.1, 0.15) is 0 Å². The number of benzene rings is 1. The number of nitrogens with zero attached hydrogens (tertiary/aromatic N) is 1. The highest BCUT2D eigenvalue weighted by molar-refractivity contribution is 5.88. The van der Waals surface area contributed by atoms with Gasteiger partial charge in [-0.2, -0.15) is 0 Å². The van der Waals surface area contributed by atoms with Crippen LogP contribution in [0.15, 0.2) is 48.8 Å². The predicted octanol–water partition coefficient (Wildman–Crippen LogP) is 2.39. The molecule has 0 unspecified atom stereocenters. The van der Waals surface area contributed by atoms with Crippen molar-refractivity contribution in [1.29, 1.82) is 0 Å². The highest BCUT2D eigenvalue weighted by atomic mass is 16.4. The lowest BCUT2D eigenvalue weighted by molar-refractivity contribution is 0.0696. The highest BCUT2D eigenvalue weighted by Crippen LogP contribution is 2.10. The van der Waals surface area contributed by atoms with E-state index >= 15 is 0 Å². The Labute approximate surface area is 98.9 Å². The molecule has 0 atom stereocenters. The molecule has 4 nitrogen and oxygen atoms in total. The lowest BCUT2D eigenvalue weighted by Gasteiger charge is -2.06. The molecule has 0 saturated carbocycles. The summed E-state index contributed by atoms with van der Waals surface area (Å²) in [6.07, 6.45) is 2.94. The predicted molar refractivity (Wildman–Crippen MR) is 65.0 cm³/mol. The van der Waals surface area contributed by atoms with Crippen LogP contribution in [-0.2, 0) is 6.54 Å². The van der Waals surface area contributed by atoms with Crippen LogP contribution in [0.2, 0.25) is 0 Å². The van der Waals surface area contributed by atoms with Gasteiger partial charge in [-0.15, -0.1) is 0 Å². The average Bonchev–Trinajstić information content (AvgIpc) is 2.38. The minimum absolute atomic E-state index is 0.183. The summed E-state index contributed by atoms with van der Waals surface area (Å²) < 4.78 is 0. The Bertz CT molecular complexity index is 512. The molecule has 0 radical (unpaired) electrons. The van der Waals surface area contributed by atoms with E-state index in [-0.39, 0.29) is 5.56 Å². The molecule has 1 heterocycles. The number of carbonyl (C=O) groups is 1. The number of pyridine rings is 1. The van der Waals surface area contributed by atoms with Crippen molar-refractivity contribution in [3.63, 3.8) is 0 Å². The van der Waals surface area contributed by atoms with E-state index in [1.165, 1.54) is 6.20 Å². The Morgan fingerprint density at radius 1 is 1.24 bits per heavy atom. The Kier molecular flexibility index (Phi) is 3.35. The lowest BCUT2D eigenvalue weighted by Crippen LogP contribution is -2.02. The standard InChI is InChI=1S/C13H12N2O2/c16-13(17)11-6-12(9-14-8-11)15-7-10-4-2-1-3-5-10/h1-6,8-9,15H,7H2,(H,16,17). The van der Waals surface area contributed by atoms with E-state index in [0.717, 1.165) is 5.56 Å². The first-order chi connectivity index (χ1) is 8.25. The zero-order chi connectivity index (χ0) is 12.1. The Morgan fingerprint density at radius 2 is 2.00 bits per heavy atom. The third kappa shape index (κ3) is 3.04. The number of aromatic nitrogens is 1. The molecule has 2 rings (SSSR count). The number of hydrogen-bond donors (Lipinski definition) is 2. The van der Waals surface area contributed by atoms with Gasteiger partial charge >= 0.3 is 5.97 Å². The summed E-state index contributed by atoms with van der Waals surface area (Å²) in [6, 6.07) is 11.4. The smallest absolute Gasteiger partial charge is 0.337 e. The van der Waals surface area contributed by atoms with Gasteiger partial charge in [0.2, 0.25) is 0 Å². The molecule has 0 aliphatic heterocycles. The molecule has 1 aromatic heterocycles. The van der Waals surface area contributed by atoms with Crippen molar-refractivity contribution in [1.82, 2.24) is 4.98 Å². The van der Waals surface area contributed by atoms with E-state index in [1.807, 2.05) is 30.3 Å². The molecule has 2 N–H and O–H groups in total. The SMILES string of the molecule is O=C(O)c1cncc(NCc2ccccc2)c1. The van der Waals surface area contributed by atoms with Crippen LogP contribution in [0.5, 0.6) is 0 Å². The molecule has 0 spiro atoms. The van der Waals surface area contributed by atoms with Gasteiger partial charge < -0.3 is 10.4 Å². The summed E-state index contributed by atoms with van der Waals surface area (Å²) in [4.78, 5) is 14.6. The van der Waals surface area contributed by atoms with Crippen LogP contribution in [0, 0.1) is 0 Å². The molecule has 1 aromatic carbocycles. The van der Waals surface area contributed by atoms with E-state index in [0.29, 0.717) is 12.2 Å². The van der Waals surface area contributed by atoms with Gasteiger partial charge in [0, 0.05) is 18.9 Å². The molecule has 0 aliphatic carbocycles. The van der Waals surface area contributed by atoms with Crippen molar-refractivity contribution in [2.75, 3.05) is 5.32 Å². The first kappa shape index (κ1) is 11.1. The fourth-order valence-electron chi connectivity index (χ4n) is 1.45. The van der Waals surface area contributed by atoms with Gasteiger partial charge in [-0.05, 0) is 11.6 Å². The molecule has 17 heavy (non-hydrogen) atoms. The van der Waals surface area contributed by atoms with Crippen molar-refractivity contribution in [2.45, 2.75) is 6.54 Å². The van der Waals surface area contributed by atoms with Crippen LogP contribution in [0.1, 0.15) is 15.9 Å². The van der Waals surface area contributed by atoms with Crippen LogP contribution in [0.4, 0.5) is 5.69 Å². The summed E-state index contributed by atoms with van der Waals surface area (Å²) in [5, 5.41) is 12.0. The summed E-state index contributed by atoms with van der Waals surface area (Å²) in [7, 11) is 0. The minimum Gasteiger partial charge on any atom is -0.478 e. The van der Waals surface area contributed by atoms with Gasteiger partial charge in [-0.3, -0.25) is 4.98 Å². The molecule has 4 heteroatoms. The second-order valence-electron chi connectivity index (χ2n) is 3.61. The number of carboxylic acids is 1. The van der Waals surface area contributed by atoms with Crippen LogP contribution in [0.25, 0.3) is 0 Å². The van der Waals surface area contributed by atoms with Crippen LogP contribution >= 0.6 is 0 Å². The molecular weight excluding hydrogens is 216 g/mol. The van der Waals surface area contributed by atoms with Gasteiger partial charge in [0.25, 0.3) is 0 Å². The fourth-order valence-corrected chi connectivity index (χ4v) is 1.45. The third-order valence-electron chi connectivity index (χ3n) is 2.32. The molecule has 0 saturated heterocycles. The van der Waals surface area contributed by atoms with E-state index < -0.39 is 5.97 Å². The molecular formula is C13H12N2O2. The molecule has 2 aromatic rings.